The van der Waals surface area contributed by atoms with Crippen molar-refractivity contribution in [2.45, 2.75) is 37.5 Å². The van der Waals surface area contributed by atoms with Gasteiger partial charge in [0.25, 0.3) is 10.0 Å². The minimum atomic E-state index is -3.90. The van der Waals surface area contributed by atoms with Crippen LogP contribution in [0.25, 0.3) is 0 Å². The third-order valence-corrected chi connectivity index (χ3v) is 6.53. The van der Waals surface area contributed by atoms with Crippen LogP contribution in [0.1, 0.15) is 41.6 Å². The van der Waals surface area contributed by atoms with Gasteiger partial charge in [-0.1, -0.05) is 35.7 Å². The molecule has 0 atom stereocenters. The van der Waals surface area contributed by atoms with Crippen LogP contribution in [0.5, 0.6) is 5.75 Å². The summed E-state index contributed by atoms with van der Waals surface area (Å²) >= 11 is 6.35. The molecule has 2 aliphatic rings. The summed E-state index contributed by atoms with van der Waals surface area (Å²) in [6.07, 6.45) is 3.45. The lowest BCUT2D eigenvalue weighted by Gasteiger charge is -2.30. The van der Waals surface area contributed by atoms with E-state index in [0.29, 0.717) is 30.2 Å². The van der Waals surface area contributed by atoms with Crippen molar-refractivity contribution in [3.8, 4) is 5.75 Å². The van der Waals surface area contributed by atoms with Crippen LogP contribution in [0.15, 0.2) is 45.7 Å². The van der Waals surface area contributed by atoms with Gasteiger partial charge in [-0.2, -0.15) is 8.42 Å². The molecule has 4 rings (SSSR count). The lowest BCUT2D eigenvalue weighted by Crippen LogP contribution is -2.35. The van der Waals surface area contributed by atoms with Crippen LogP contribution in [-0.4, -0.2) is 26.8 Å². The van der Waals surface area contributed by atoms with Crippen LogP contribution < -0.4 is 9.64 Å². The zero-order valence-corrected chi connectivity index (χ0v) is 16.9. The Morgan fingerprint density at radius 3 is 2.64 bits per heavy atom. The Labute approximate surface area is 168 Å². The van der Waals surface area contributed by atoms with Crippen LogP contribution in [0.3, 0.4) is 0 Å². The molecule has 28 heavy (non-hydrogen) atoms. The van der Waals surface area contributed by atoms with Crippen LogP contribution in [0.4, 0.5) is 5.69 Å². The van der Waals surface area contributed by atoms with E-state index < -0.39 is 16.0 Å². The van der Waals surface area contributed by atoms with Crippen molar-refractivity contribution in [2.75, 3.05) is 11.4 Å². The van der Waals surface area contributed by atoms with E-state index in [-0.39, 0.29) is 15.5 Å². The average molecular weight is 419 g/mol. The number of carbonyl (C=O) groups is 1. The second kappa shape index (κ2) is 7.22. The second-order valence-electron chi connectivity index (χ2n) is 6.95. The molecule has 0 aromatic heterocycles. The van der Waals surface area contributed by atoms with Gasteiger partial charge in [0, 0.05) is 13.0 Å². The van der Waals surface area contributed by atoms with E-state index in [0.717, 1.165) is 24.8 Å². The van der Waals surface area contributed by atoms with Gasteiger partial charge in [-0.05, 0) is 44.0 Å². The summed E-state index contributed by atoms with van der Waals surface area (Å²) in [6.45, 7) is 2.60. The first-order valence-corrected chi connectivity index (χ1v) is 10.9. The number of carbonyl (C=O) groups excluding carboxylic acids is 1. The minimum Gasteiger partial charge on any atom is -0.423 e. The number of rotatable bonds is 2. The van der Waals surface area contributed by atoms with Gasteiger partial charge in [-0.15, -0.1) is 4.40 Å². The average Bonchev–Trinajstić information content (AvgIpc) is 2.88. The Bertz CT molecular complexity index is 1080. The van der Waals surface area contributed by atoms with Crippen molar-refractivity contribution in [1.29, 1.82) is 0 Å². The molecule has 2 aromatic rings. The quantitative estimate of drug-likeness (QED) is 0.535. The number of anilines is 1. The Kier molecular flexibility index (Phi) is 4.89. The number of esters is 1. The zero-order valence-electron chi connectivity index (χ0n) is 15.3. The highest BCUT2D eigenvalue weighted by molar-refractivity contribution is 7.90. The van der Waals surface area contributed by atoms with Crippen molar-refractivity contribution >= 4 is 39.1 Å². The topological polar surface area (TPSA) is 76.0 Å². The smallest absolute Gasteiger partial charge is 0.345 e. The summed E-state index contributed by atoms with van der Waals surface area (Å²) in [5.74, 6) is 0.189. The fourth-order valence-corrected chi connectivity index (χ4v) is 4.92. The van der Waals surface area contributed by atoms with Gasteiger partial charge in [-0.3, -0.25) is 0 Å². The first kappa shape index (κ1) is 19.0. The highest BCUT2D eigenvalue weighted by Gasteiger charge is 2.33. The van der Waals surface area contributed by atoms with Crippen LogP contribution in [-0.2, 0) is 10.0 Å². The van der Waals surface area contributed by atoms with Gasteiger partial charge in [-0.25, -0.2) is 4.79 Å². The number of amidine groups is 1. The number of hydrogen-bond donors (Lipinski definition) is 0. The summed E-state index contributed by atoms with van der Waals surface area (Å²) < 4.78 is 34.8. The van der Waals surface area contributed by atoms with Gasteiger partial charge in [0.15, 0.2) is 0 Å². The SMILES string of the molecule is Cc1ccc(OC(=O)c2cc3c(cc2Cl)N2CCCCCC2=NS3(=O)=O)cc1. The summed E-state index contributed by atoms with van der Waals surface area (Å²) in [7, 11) is -3.90. The highest BCUT2D eigenvalue weighted by atomic mass is 35.5. The van der Waals surface area contributed by atoms with Crippen LogP contribution >= 0.6 is 11.6 Å². The third-order valence-electron chi connectivity index (χ3n) is 4.89. The Morgan fingerprint density at radius 2 is 1.89 bits per heavy atom. The van der Waals surface area contributed by atoms with E-state index in [4.69, 9.17) is 16.3 Å². The molecule has 1 saturated heterocycles. The molecule has 6 nitrogen and oxygen atoms in total. The van der Waals surface area contributed by atoms with Gasteiger partial charge in [0.05, 0.1) is 16.3 Å². The number of halogens is 1. The predicted molar refractivity (Wildman–Crippen MR) is 108 cm³/mol. The molecule has 8 heteroatoms. The summed E-state index contributed by atoms with van der Waals surface area (Å²) in [4.78, 5) is 14.5. The number of aryl methyl sites for hydroxylation is 1. The number of hydrogen-bond acceptors (Lipinski definition) is 5. The molecule has 0 unspecified atom stereocenters. The minimum absolute atomic E-state index is 0.00182. The Balaban J connectivity index is 1.73. The summed E-state index contributed by atoms with van der Waals surface area (Å²) in [5.41, 5.74) is 1.51. The van der Waals surface area contributed by atoms with E-state index >= 15 is 0 Å². The first-order valence-electron chi connectivity index (χ1n) is 9.09. The van der Waals surface area contributed by atoms with E-state index in [1.807, 2.05) is 24.0 Å². The predicted octanol–water partition coefficient (Wildman–Crippen LogP) is 4.35. The Morgan fingerprint density at radius 1 is 1.14 bits per heavy atom. The molecule has 0 bridgehead atoms. The van der Waals surface area contributed by atoms with Crippen LogP contribution in [0, 0.1) is 6.92 Å². The zero-order chi connectivity index (χ0) is 19.9. The fraction of sp³-hybridized carbons (Fsp3) is 0.300. The fourth-order valence-electron chi connectivity index (χ4n) is 3.42. The lowest BCUT2D eigenvalue weighted by atomic mass is 10.1. The molecule has 0 amide bonds. The molecule has 0 aliphatic carbocycles. The molecule has 0 radical (unpaired) electrons. The number of nitrogens with zero attached hydrogens (tertiary/aromatic N) is 2. The van der Waals surface area contributed by atoms with E-state index in [9.17, 15) is 13.2 Å². The maximum Gasteiger partial charge on any atom is 0.345 e. The van der Waals surface area contributed by atoms with Crippen molar-refractivity contribution in [2.24, 2.45) is 4.40 Å². The molecule has 146 valence electrons. The standard InChI is InChI=1S/C20H19ClN2O4S/c1-13-6-8-14(9-7-13)27-20(24)15-11-18-17(12-16(15)21)23-10-4-2-3-5-19(23)22-28(18,25)26/h6-9,11-12H,2-5,10H2,1H3. The van der Waals surface area contributed by atoms with Gasteiger partial charge in [0.2, 0.25) is 0 Å². The monoisotopic (exact) mass is 418 g/mol. The van der Waals surface area contributed by atoms with Gasteiger partial charge in [0.1, 0.15) is 16.5 Å². The molecule has 0 N–H and O–H groups in total. The van der Waals surface area contributed by atoms with E-state index in [2.05, 4.69) is 4.40 Å². The van der Waals surface area contributed by atoms with Crippen molar-refractivity contribution in [3.05, 3.63) is 52.5 Å². The molecular formula is C20H19ClN2O4S. The molecule has 0 saturated carbocycles. The van der Waals surface area contributed by atoms with Crippen LogP contribution in [0.2, 0.25) is 5.02 Å². The maximum absolute atomic E-state index is 12.7. The number of ether oxygens (including phenoxy) is 1. The molecule has 2 aromatic carbocycles. The molecular weight excluding hydrogens is 400 g/mol. The Hall–Kier alpha value is -2.38. The molecule has 2 aliphatic heterocycles. The molecule has 2 heterocycles. The third kappa shape index (κ3) is 3.52. The number of benzene rings is 2. The molecule has 0 spiro atoms. The van der Waals surface area contributed by atoms with E-state index in [1.165, 1.54) is 12.1 Å². The first-order chi connectivity index (χ1) is 13.3. The van der Waals surface area contributed by atoms with Crippen molar-refractivity contribution in [3.63, 3.8) is 0 Å². The summed E-state index contributed by atoms with van der Waals surface area (Å²) in [5, 5.41) is 0.150. The summed E-state index contributed by atoms with van der Waals surface area (Å²) in [6, 6.07) is 9.78. The lowest BCUT2D eigenvalue weighted by molar-refractivity contribution is 0.0734. The highest BCUT2D eigenvalue weighted by Crippen LogP contribution is 2.38. The second-order valence-corrected chi connectivity index (χ2v) is 8.93. The van der Waals surface area contributed by atoms with Gasteiger partial charge >= 0.3 is 5.97 Å². The van der Waals surface area contributed by atoms with Gasteiger partial charge < -0.3 is 9.64 Å². The number of fused-ring (bicyclic) bond motifs is 3. The molecule has 1 fully saturated rings. The normalized spacial score (nSPS) is 17.8. The van der Waals surface area contributed by atoms with Crippen molar-refractivity contribution < 1.29 is 17.9 Å². The van der Waals surface area contributed by atoms with E-state index in [1.54, 1.807) is 12.1 Å². The number of sulfonamides is 1. The largest absolute Gasteiger partial charge is 0.423 e. The maximum atomic E-state index is 12.7. The van der Waals surface area contributed by atoms with Crippen molar-refractivity contribution in [1.82, 2.24) is 0 Å².